The molecule has 0 atom stereocenters. The molecule has 0 saturated heterocycles. The van der Waals surface area contributed by atoms with E-state index in [-0.39, 0.29) is 0 Å². The average molecular weight is 335 g/mol. The molecule has 0 N–H and O–H groups in total. The van der Waals surface area contributed by atoms with Crippen molar-refractivity contribution in [2.24, 2.45) is 9.98 Å². The molecule has 3 heteroatoms. The Morgan fingerprint density at radius 2 is 1.81 bits per heavy atom. The van der Waals surface area contributed by atoms with E-state index in [2.05, 4.69) is 57.1 Å². The summed E-state index contributed by atoms with van der Waals surface area (Å²) in [5.74, 6) is 0. The van der Waals surface area contributed by atoms with Crippen LogP contribution in [0.15, 0.2) is 95.1 Å². The fourth-order valence-corrected chi connectivity index (χ4v) is 2.88. The number of nitrogens with zero attached hydrogens (tertiary/aromatic N) is 3. The Bertz CT molecular complexity index is 1010. The highest BCUT2D eigenvalue weighted by Crippen LogP contribution is 2.29. The van der Waals surface area contributed by atoms with E-state index in [0.29, 0.717) is 0 Å². The third kappa shape index (κ3) is 3.59. The summed E-state index contributed by atoms with van der Waals surface area (Å²) in [7, 11) is 0. The Balaban J connectivity index is 1.87. The smallest absolute Gasteiger partial charge is 0.0686 e. The summed E-state index contributed by atoms with van der Waals surface area (Å²) < 4.78 is 0. The van der Waals surface area contributed by atoms with Crippen molar-refractivity contribution in [2.45, 2.75) is 6.42 Å². The number of pyridine rings is 1. The Labute approximate surface area is 152 Å². The molecule has 0 radical (unpaired) electrons. The van der Waals surface area contributed by atoms with Crippen molar-refractivity contribution in [3.63, 3.8) is 0 Å². The van der Waals surface area contributed by atoms with Gasteiger partial charge < -0.3 is 0 Å². The predicted molar refractivity (Wildman–Crippen MR) is 109 cm³/mol. The number of hydrogen-bond donors (Lipinski definition) is 0. The zero-order valence-corrected chi connectivity index (χ0v) is 14.2. The van der Waals surface area contributed by atoms with Crippen molar-refractivity contribution in [1.29, 1.82) is 0 Å². The molecule has 3 nitrogen and oxygen atoms in total. The zero-order valence-electron chi connectivity index (χ0n) is 14.2. The number of hydrogen-bond acceptors (Lipinski definition) is 3. The molecule has 2 aliphatic heterocycles. The highest BCUT2D eigenvalue weighted by atomic mass is 14.7. The van der Waals surface area contributed by atoms with E-state index in [0.717, 1.165) is 39.8 Å². The van der Waals surface area contributed by atoms with Gasteiger partial charge in [-0.1, -0.05) is 18.2 Å². The quantitative estimate of drug-likeness (QED) is 0.705. The highest BCUT2D eigenvalue weighted by Gasteiger charge is 2.09. The van der Waals surface area contributed by atoms with Crippen LogP contribution in [0.5, 0.6) is 0 Å². The number of benzene rings is 1. The predicted octanol–water partition coefficient (Wildman–Crippen LogP) is 5.26. The first-order valence-electron chi connectivity index (χ1n) is 8.49. The molecule has 124 valence electrons. The number of aromatic nitrogens is 1. The topological polar surface area (TPSA) is 37.6 Å². The van der Waals surface area contributed by atoms with E-state index in [9.17, 15) is 0 Å². The molecule has 1 aromatic carbocycles. The van der Waals surface area contributed by atoms with E-state index in [4.69, 9.17) is 0 Å². The normalized spacial score (nSPS) is 15.4. The largest absolute Gasteiger partial charge is 0.268 e. The van der Waals surface area contributed by atoms with Crippen LogP contribution in [0.1, 0.15) is 17.5 Å². The first-order valence-corrected chi connectivity index (χ1v) is 8.49. The summed E-state index contributed by atoms with van der Waals surface area (Å²) in [5, 5.41) is 0. The lowest BCUT2D eigenvalue weighted by atomic mass is 9.94. The van der Waals surface area contributed by atoms with Gasteiger partial charge in [-0.15, -0.1) is 5.73 Å². The first kappa shape index (κ1) is 15.9. The Kier molecular flexibility index (Phi) is 4.64. The Morgan fingerprint density at radius 1 is 0.923 bits per heavy atom. The van der Waals surface area contributed by atoms with Gasteiger partial charge in [0.05, 0.1) is 6.20 Å². The van der Waals surface area contributed by atoms with Gasteiger partial charge in [-0.3, -0.25) is 15.0 Å². The van der Waals surface area contributed by atoms with Crippen LogP contribution in [0.2, 0.25) is 0 Å². The van der Waals surface area contributed by atoms with E-state index >= 15 is 0 Å². The summed E-state index contributed by atoms with van der Waals surface area (Å²) in [6.07, 6.45) is 20.0. The molecule has 0 amide bonds. The Morgan fingerprint density at radius 3 is 2.69 bits per heavy atom. The summed E-state index contributed by atoms with van der Waals surface area (Å²) in [6.45, 7) is 0. The maximum atomic E-state index is 4.36. The van der Waals surface area contributed by atoms with Crippen molar-refractivity contribution in [3.05, 3.63) is 96.3 Å². The maximum Gasteiger partial charge on any atom is 0.0686 e. The molecule has 3 heterocycles. The van der Waals surface area contributed by atoms with Gasteiger partial charge in [-0.2, -0.15) is 0 Å². The van der Waals surface area contributed by atoms with Crippen LogP contribution >= 0.6 is 0 Å². The second kappa shape index (κ2) is 7.56. The van der Waals surface area contributed by atoms with Gasteiger partial charge in [0.2, 0.25) is 0 Å². The Hall–Kier alpha value is -3.55. The third-order valence-electron chi connectivity index (χ3n) is 4.17. The molecule has 2 aliphatic rings. The maximum absolute atomic E-state index is 4.36. The van der Waals surface area contributed by atoms with Gasteiger partial charge in [-0.25, -0.2) is 0 Å². The molecular formula is C23H17N3. The van der Waals surface area contributed by atoms with Crippen LogP contribution < -0.4 is 0 Å². The molecule has 0 bridgehead atoms. The standard InChI is InChI=1S/C23H17N3/c1-3-9-24-15-18(6-1)21-12-22(19-7-2-4-10-25-16-19)14-23(13-21)20-8-5-11-26-17-20/h1-2,5-17H,3H2. The van der Waals surface area contributed by atoms with Crippen molar-refractivity contribution >= 4 is 23.6 Å². The van der Waals surface area contributed by atoms with Crippen molar-refractivity contribution in [1.82, 2.24) is 4.98 Å². The first-order chi connectivity index (χ1) is 12.9. The van der Waals surface area contributed by atoms with E-state index < -0.39 is 0 Å². The minimum absolute atomic E-state index is 0.851. The minimum atomic E-state index is 0.851. The molecule has 0 unspecified atom stereocenters. The van der Waals surface area contributed by atoms with E-state index in [1.807, 2.05) is 43.0 Å². The molecule has 0 saturated carbocycles. The summed E-state index contributed by atoms with van der Waals surface area (Å²) in [5.41, 5.74) is 9.54. The molecule has 26 heavy (non-hydrogen) atoms. The van der Waals surface area contributed by atoms with Crippen LogP contribution in [-0.2, 0) is 0 Å². The van der Waals surface area contributed by atoms with Crippen molar-refractivity contribution in [2.75, 3.05) is 0 Å². The zero-order chi connectivity index (χ0) is 17.6. The van der Waals surface area contributed by atoms with Gasteiger partial charge >= 0.3 is 0 Å². The van der Waals surface area contributed by atoms with E-state index in [1.165, 1.54) is 0 Å². The van der Waals surface area contributed by atoms with Crippen LogP contribution in [0.25, 0.3) is 22.3 Å². The number of allylic oxidation sites excluding steroid dienone is 6. The van der Waals surface area contributed by atoms with Crippen LogP contribution in [0, 0.1) is 0 Å². The van der Waals surface area contributed by atoms with Gasteiger partial charge in [0.25, 0.3) is 0 Å². The SMILES string of the molecule is C1=CC=C(c2cc(C3=CN=CCC=C3)cc(-c3cccnc3)c2)C=NC=1. The van der Waals surface area contributed by atoms with Crippen LogP contribution in [0.4, 0.5) is 0 Å². The molecule has 1 aromatic heterocycles. The van der Waals surface area contributed by atoms with Gasteiger partial charge in [0.1, 0.15) is 0 Å². The summed E-state index contributed by atoms with van der Waals surface area (Å²) in [4.78, 5) is 12.9. The molecule has 2 aromatic rings. The second-order valence-corrected chi connectivity index (χ2v) is 5.96. The lowest BCUT2D eigenvalue weighted by Crippen LogP contribution is -1.92. The monoisotopic (exact) mass is 335 g/mol. The average Bonchev–Trinajstić information content (AvgIpc) is 3.14. The van der Waals surface area contributed by atoms with Crippen LogP contribution in [0.3, 0.4) is 0 Å². The van der Waals surface area contributed by atoms with Gasteiger partial charge in [-0.05, 0) is 58.7 Å². The highest BCUT2D eigenvalue weighted by molar-refractivity contribution is 6.11. The molecule has 0 fully saturated rings. The van der Waals surface area contributed by atoms with E-state index in [1.54, 1.807) is 12.4 Å². The molecule has 0 aliphatic carbocycles. The minimum Gasteiger partial charge on any atom is -0.268 e. The van der Waals surface area contributed by atoms with Gasteiger partial charge in [0, 0.05) is 48.6 Å². The molecule has 4 rings (SSSR count). The van der Waals surface area contributed by atoms with Crippen molar-refractivity contribution in [3.8, 4) is 11.1 Å². The number of aliphatic imine (C=N–C) groups is 2. The lowest BCUT2D eigenvalue weighted by molar-refractivity contribution is 1.33. The van der Waals surface area contributed by atoms with Crippen LogP contribution in [-0.4, -0.2) is 17.4 Å². The summed E-state index contributed by atoms with van der Waals surface area (Å²) >= 11 is 0. The molecular weight excluding hydrogens is 318 g/mol. The van der Waals surface area contributed by atoms with Gasteiger partial charge in [0.15, 0.2) is 0 Å². The second-order valence-electron chi connectivity index (χ2n) is 5.96. The summed E-state index contributed by atoms with van der Waals surface area (Å²) in [6, 6.07) is 10.5. The molecule has 0 spiro atoms. The fourth-order valence-electron chi connectivity index (χ4n) is 2.88. The fraction of sp³-hybridized carbons (Fsp3) is 0.0435. The third-order valence-corrected chi connectivity index (χ3v) is 4.17. The lowest BCUT2D eigenvalue weighted by Gasteiger charge is -2.11. The number of rotatable bonds is 3. The van der Waals surface area contributed by atoms with Crippen molar-refractivity contribution < 1.29 is 0 Å².